The lowest BCUT2D eigenvalue weighted by molar-refractivity contribution is -0.128. The molecule has 2 saturated heterocycles. The van der Waals surface area contributed by atoms with Crippen LogP contribution in [-0.2, 0) is 14.3 Å². The Balaban J connectivity index is 1.42. The second kappa shape index (κ2) is 11.6. The highest BCUT2D eigenvalue weighted by molar-refractivity contribution is 8.15. The number of morpholine rings is 1. The normalized spacial score (nSPS) is 20.2. The van der Waals surface area contributed by atoms with Crippen LogP contribution in [0.25, 0.3) is 0 Å². The number of amides is 2. The minimum absolute atomic E-state index is 0.0553. The van der Waals surface area contributed by atoms with Crippen LogP contribution in [0.15, 0.2) is 53.5 Å². The van der Waals surface area contributed by atoms with E-state index in [2.05, 4.69) is 15.2 Å². The van der Waals surface area contributed by atoms with Crippen molar-refractivity contribution in [2.24, 2.45) is 4.99 Å². The van der Waals surface area contributed by atoms with Crippen LogP contribution >= 0.6 is 11.8 Å². The summed E-state index contributed by atoms with van der Waals surface area (Å²) in [5.41, 5.74) is 2.38. The number of hydrogen-bond acceptors (Lipinski definition) is 6. The number of ether oxygens (including phenoxy) is 1. The number of aliphatic imine (C=N–C) groups is 1. The van der Waals surface area contributed by atoms with Gasteiger partial charge in [0.25, 0.3) is 0 Å². The summed E-state index contributed by atoms with van der Waals surface area (Å²) >= 11 is 1.29. The van der Waals surface area contributed by atoms with E-state index in [1.165, 1.54) is 23.9 Å². The highest BCUT2D eigenvalue weighted by Crippen LogP contribution is 2.32. The van der Waals surface area contributed by atoms with Gasteiger partial charge in [0.1, 0.15) is 11.1 Å². The zero-order valence-corrected chi connectivity index (χ0v) is 20.0. The Morgan fingerprint density at radius 2 is 1.82 bits per heavy atom. The van der Waals surface area contributed by atoms with Crippen molar-refractivity contribution in [2.45, 2.75) is 25.0 Å². The van der Waals surface area contributed by atoms with Crippen LogP contribution in [-0.4, -0.2) is 71.4 Å². The van der Waals surface area contributed by atoms with Crippen molar-refractivity contribution in [1.82, 2.24) is 9.80 Å². The van der Waals surface area contributed by atoms with Crippen LogP contribution in [0.1, 0.15) is 18.4 Å². The second-order valence-corrected chi connectivity index (χ2v) is 9.56. The Labute approximate surface area is 203 Å². The number of hydrogen-bond donors (Lipinski definition) is 1. The van der Waals surface area contributed by atoms with Gasteiger partial charge in [0.15, 0.2) is 5.17 Å². The van der Waals surface area contributed by atoms with Crippen LogP contribution < -0.4 is 5.32 Å². The predicted molar refractivity (Wildman–Crippen MR) is 133 cm³/mol. The van der Waals surface area contributed by atoms with E-state index in [9.17, 15) is 14.0 Å². The number of nitrogens with zero attached hydrogens (tertiary/aromatic N) is 3. The van der Waals surface area contributed by atoms with Gasteiger partial charge in [-0.2, -0.15) is 0 Å². The number of nitrogens with one attached hydrogen (secondary N) is 1. The number of carbonyl (C=O) groups is 2. The molecule has 0 bridgehead atoms. The van der Waals surface area contributed by atoms with Crippen molar-refractivity contribution >= 4 is 40.1 Å². The van der Waals surface area contributed by atoms with Gasteiger partial charge >= 0.3 is 0 Å². The average Bonchev–Trinajstić information content (AvgIpc) is 3.11. The number of carbonyl (C=O) groups excluding carboxylic acids is 2. The maximum atomic E-state index is 13.3. The molecule has 1 N–H and O–H groups in total. The number of rotatable bonds is 8. The molecule has 0 aromatic heterocycles. The van der Waals surface area contributed by atoms with Gasteiger partial charge in [-0.15, -0.1) is 0 Å². The lowest BCUT2D eigenvalue weighted by Gasteiger charge is -2.27. The van der Waals surface area contributed by atoms with Gasteiger partial charge in [0.05, 0.1) is 18.9 Å². The predicted octanol–water partition coefficient (Wildman–Crippen LogP) is 3.82. The van der Waals surface area contributed by atoms with Gasteiger partial charge in [0, 0.05) is 38.3 Å². The first-order valence-electron chi connectivity index (χ1n) is 11.5. The van der Waals surface area contributed by atoms with Crippen molar-refractivity contribution in [2.75, 3.05) is 44.7 Å². The molecule has 2 fully saturated rings. The summed E-state index contributed by atoms with van der Waals surface area (Å²) in [7, 11) is 0. The molecular formula is C25H29FN4O3S. The molecule has 2 heterocycles. The van der Waals surface area contributed by atoms with Crippen molar-refractivity contribution < 1.29 is 18.7 Å². The Hall–Kier alpha value is -2.75. The van der Waals surface area contributed by atoms with Gasteiger partial charge < -0.3 is 10.1 Å². The first-order valence-corrected chi connectivity index (χ1v) is 12.3. The molecule has 2 aromatic carbocycles. The molecule has 180 valence electrons. The van der Waals surface area contributed by atoms with E-state index >= 15 is 0 Å². The van der Waals surface area contributed by atoms with Crippen LogP contribution in [0.4, 0.5) is 15.8 Å². The molecule has 9 heteroatoms. The SMILES string of the molecule is Cc1ccc(NC(=O)C[C@@H]2SC(=Nc3ccc(F)cc3)N(CCCN3CCOCC3)C2=O)cc1. The van der Waals surface area contributed by atoms with Gasteiger partial charge in [0.2, 0.25) is 11.8 Å². The smallest absolute Gasteiger partial charge is 0.242 e. The van der Waals surface area contributed by atoms with Gasteiger partial charge in [-0.05, 0) is 49.7 Å². The van der Waals surface area contributed by atoms with Crippen molar-refractivity contribution in [3.8, 4) is 0 Å². The van der Waals surface area contributed by atoms with E-state index in [0.717, 1.165) is 44.8 Å². The van der Waals surface area contributed by atoms with E-state index in [1.807, 2.05) is 31.2 Å². The van der Waals surface area contributed by atoms with Crippen LogP contribution in [0.3, 0.4) is 0 Å². The number of aryl methyl sites for hydroxylation is 1. The fraction of sp³-hybridized carbons (Fsp3) is 0.400. The number of anilines is 1. The van der Waals surface area contributed by atoms with Crippen molar-refractivity contribution in [3.05, 3.63) is 59.9 Å². The van der Waals surface area contributed by atoms with E-state index < -0.39 is 5.25 Å². The van der Waals surface area contributed by atoms with E-state index in [1.54, 1.807) is 17.0 Å². The highest BCUT2D eigenvalue weighted by atomic mass is 32.2. The molecule has 1 atom stereocenters. The van der Waals surface area contributed by atoms with Crippen LogP contribution in [0.2, 0.25) is 0 Å². The number of halogens is 1. The lowest BCUT2D eigenvalue weighted by atomic mass is 10.2. The highest BCUT2D eigenvalue weighted by Gasteiger charge is 2.39. The second-order valence-electron chi connectivity index (χ2n) is 8.39. The molecule has 7 nitrogen and oxygen atoms in total. The van der Waals surface area contributed by atoms with Gasteiger partial charge in [-0.25, -0.2) is 9.38 Å². The topological polar surface area (TPSA) is 74.2 Å². The Morgan fingerprint density at radius 3 is 2.53 bits per heavy atom. The molecule has 2 aliphatic heterocycles. The van der Waals surface area contributed by atoms with Crippen LogP contribution in [0.5, 0.6) is 0 Å². The van der Waals surface area contributed by atoms with E-state index in [0.29, 0.717) is 23.1 Å². The zero-order valence-electron chi connectivity index (χ0n) is 19.2. The van der Waals surface area contributed by atoms with Crippen molar-refractivity contribution in [3.63, 3.8) is 0 Å². The molecule has 0 unspecified atom stereocenters. The van der Waals surface area contributed by atoms with Gasteiger partial charge in [-0.3, -0.25) is 19.4 Å². The molecule has 34 heavy (non-hydrogen) atoms. The largest absolute Gasteiger partial charge is 0.379 e. The van der Waals surface area contributed by atoms with Crippen molar-refractivity contribution in [1.29, 1.82) is 0 Å². The monoisotopic (exact) mass is 484 g/mol. The van der Waals surface area contributed by atoms with Gasteiger partial charge in [-0.1, -0.05) is 29.5 Å². The lowest BCUT2D eigenvalue weighted by Crippen LogP contribution is -2.39. The fourth-order valence-corrected chi connectivity index (χ4v) is 5.04. The molecule has 2 aliphatic rings. The summed E-state index contributed by atoms with van der Waals surface area (Å²) in [4.78, 5) is 34.4. The first-order chi connectivity index (χ1) is 16.5. The Kier molecular flexibility index (Phi) is 8.31. The molecular weight excluding hydrogens is 455 g/mol. The Morgan fingerprint density at radius 1 is 1.12 bits per heavy atom. The minimum atomic E-state index is -0.548. The maximum absolute atomic E-state index is 13.3. The van der Waals surface area contributed by atoms with Crippen LogP contribution in [0, 0.1) is 12.7 Å². The number of thioether (sulfide) groups is 1. The molecule has 2 aromatic rings. The molecule has 0 radical (unpaired) electrons. The average molecular weight is 485 g/mol. The summed E-state index contributed by atoms with van der Waals surface area (Å²) in [5, 5.41) is 2.87. The third kappa shape index (κ3) is 6.65. The van der Waals surface area contributed by atoms with E-state index in [4.69, 9.17) is 4.74 Å². The summed E-state index contributed by atoms with van der Waals surface area (Å²) in [6.45, 7) is 6.60. The Bertz CT molecular complexity index is 1020. The molecule has 0 spiro atoms. The third-order valence-corrected chi connectivity index (χ3v) is 6.91. The first kappa shape index (κ1) is 24.4. The summed E-state index contributed by atoms with van der Waals surface area (Å²) in [5.74, 6) is -0.676. The molecule has 4 rings (SSSR count). The zero-order chi connectivity index (χ0) is 23.9. The molecule has 2 amide bonds. The summed E-state index contributed by atoms with van der Waals surface area (Å²) in [6, 6.07) is 13.4. The molecule has 0 saturated carbocycles. The minimum Gasteiger partial charge on any atom is -0.379 e. The summed E-state index contributed by atoms with van der Waals surface area (Å²) < 4.78 is 18.7. The quantitative estimate of drug-likeness (QED) is 0.617. The van der Waals surface area contributed by atoms with E-state index in [-0.39, 0.29) is 24.1 Å². The maximum Gasteiger partial charge on any atom is 0.242 e. The third-order valence-electron chi connectivity index (χ3n) is 5.74. The number of amidine groups is 1. The fourth-order valence-electron chi connectivity index (χ4n) is 3.85. The standard InChI is InChI=1S/C25H29FN4O3S/c1-18-3-7-20(8-4-18)27-23(31)17-22-24(32)30(12-2-11-29-13-15-33-16-14-29)25(34-22)28-21-9-5-19(26)6-10-21/h3-10,22H,2,11-17H2,1H3,(H,27,31)/t22-/m0/s1. The summed E-state index contributed by atoms with van der Waals surface area (Å²) in [6.07, 6.45) is 0.844. The number of benzene rings is 2. The molecule has 0 aliphatic carbocycles.